The topological polar surface area (TPSA) is 65.5 Å². The van der Waals surface area contributed by atoms with Crippen LogP contribution in [0.25, 0.3) is 0 Å². The largest absolute Gasteiger partial charge is 0.389 e. The Morgan fingerprint density at radius 1 is 1.53 bits per heavy atom. The van der Waals surface area contributed by atoms with E-state index in [2.05, 4.69) is 26.2 Å². The number of carbonyl (C=O) groups excluding carboxylic acids is 1. The van der Waals surface area contributed by atoms with Gasteiger partial charge < -0.3 is 10.4 Å². The summed E-state index contributed by atoms with van der Waals surface area (Å²) < 4.78 is 0.864. The van der Waals surface area contributed by atoms with Crippen molar-refractivity contribution in [2.75, 3.05) is 25.0 Å². The summed E-state index contributed by atoms with van der Waals surface area (Å²) in [7, 11) is 0. The third-order valence-electron chi connectivity index (χ3n) is 2.42. The molecule has 0 bridgehead atoms. The summed E-state index contributed by atoms with van der Waals surface area (Å²) in [4.78, 5) is 17.8. The maximum absolute atomic E-state index is 11.9. The van der Waals surface area contributed by atoms with E-state index in [0.29, 0.717) is 18.9 Å². The minimum absolute atomic E-state index is 0.138. The number of hydrogen-bond donors (Lipinski definition) is 2. The molecule has 0 fully saturated rings. The van der Waals surface area contributed by atoms with Gasteiger partial charge in [0.05, 0.1) is 12.1 Å². The van der Waals surface area contributed by atoms with Crippen LogP contribution < -0.4 is 5.32 Å². The van der Waals surface area contributed by atoms with Crippen molar-refractivity contribution in [3.63, 3.8) is 0 Å². The average molecular weight is 330 g/mol. The summed E-state index contributed by atoms with van der Waals surface area (Å²) in [5.74, 6) is 0.383. The van der Waals surface area contributed by atoms with Gasteiger partial charge in [0, 0.05) is 17.2 Å². The number of nitrogens with one attached hydrogen (secondary N) is 1. The second kappa shape index (κ2) is 6.98. The Bertz CT molecular complexity index is 415. The lowest BCUT2D eigenvalue weighted by atomic mass is 10.1. The van der Waals surface area contributed by atoms with Crippen LogP contribution in [0.3, 0.4) is 0 Å². The Morgan fingerprint density at radius 2 is 2.21 bits per heavy atom. The molecule has 2 N–H and O–H groups in total. The maximum atomic E-state index is 11.9. The summed E-state index contributed by atoms with van der Waals surface area (Å²) in [6, 6.07) is 3.55. The first kappa shape index (κ1) is 16.1. The molecule has 0 aliphatic rings. The van der Waals surface area contributed by atoms with E-state index < -0.39 is 5.60 Å². The molecular weight excluding hydrogens is 310 g/mol. The normalized spacial score (nSPS) is 11.7. The molecule has 1 aromatic heterocycles. The molecule has 0 atom stereocenters. The highest BCUT2D eigenvalue weighted by Crippen LogP contribution is 2.10. The van der Waals surface area contributed by atoms with E-state index in [9.17, 15) is 9.90 Å². The summed E-state index contributed by atoms with van der Waals surface area (Å²) >= 11 is 3.28. The SMILES string of the molecule is CCN(CC(=O)Nc1ccc(Br)cn1)CC(C)(C)O. The van der Waals surface area contributed by atoms with E-state index in [-0.39, 0.29) is 12.5 Å². The highest BCUT2D eigenvalue weighted by atomic mass is 79.9. The fraction of sp³-hybridized carbons (Fsp3) is 0.538. The van der Waals surface area contributed by atoms with Gasteiger partial charge in [-0.25, -0.2) is 4.98 Å². The number of hydrogen-bond acceptors (Lipinski definition) is 4. The van der Waals surface area contributed by atoms with Gasteiger partial charge in [-0.2, -0.15) is 0 Å². The third-order valence-corrected chi connectivity index (χ3v) is 2.89. The van der Waals surface area contributed by atoms with E-state index >= 15 is 0 Å². The monoisotopic (exact) mass is 329 g/mol. The highest BCUT2D eigenvalue weighted by Gasteiger charge is 2.19. The van der Waals surface area contributed by atoms with Gasteiger partial charge in [0.25, 0.3) is 0 Å². The molecule has 106 valence electrons. The Labute approximate surface area is 122 Å². The van der Waals surface area contributed by atoms with Gasteiger partial charge in [0.15, 0.2) is 0 Å². The standard InChI is InChI=1S/C13H20BrN3O2/c1-4-17(9-13(2,3)19)8-12(18)16-11-6-5-10(14)7-15-11/h5-7,19H,4,8-9H2,1-3H3,(H,15,16,18). The molecule has 0 aliphatic heterocycles. The molecule has 0 unspecified atom stereocenters. The molecule has 0 radical (unpaired) electrons. The minimum atomic E-state index is -0.813. The molecule has 6 heteroatoms. The Hall–Kier alpha value is -0.980. The van der Waals surface area contributed by atoms with Gasteiger partial charge in [0.2, 0.25) is 5.91 Å². The molecule has 5 nitrogen and oxygen atoms in total. The predicted molar refractivity (Wildman–Crippen MR) is 79.0 cm³/mol. The molecule has 1 heterocycles. The molecule has 1 amide bonds. The number of rotatable bonds is 6. The van der Waals surface area contributed by atoms with Gasteiger partial charge in [-0.1, -0.05) is 6.92 Å². The second-order valence-corrected chi connectivity index (χ2v) is 5.94. The van der Waals surface area contributed by atoms with Crippen LogP contribution in [0.15, 0.2) is 22.8 Å². The highest BCUT2D eigenvalue weighted by molar-refractivity contribution is 9.10. The van der Waals surface area contributed by atoms with Crippen molar-refractivity contribution in [2.45, 2.75) is 26.4 Å². The second-order valence-electron chi connectivity index (χ2n) is 5.03. The molecule has 0 saturated heterocycles. The molecule has 0 spiro atoms. The lowest BCUT2D eigenvalue weighted by molar-refractivity contribution is -0.117. The zero-order valence-electron chi connectivity index (χ0n) is 11.5. The van der Waals surface area contributed by atoms with Crippen molar-refractivity contribution in [3.8, 4) is 0 Å². The van der Waals surface area contributed by atoms with Crippen molar-refractivity contribution in [3.05, 3.63) is 22.8 Å². The van der Waals surface area contributed by atoms with Crippen LogP contribution in [0, 0.1) is 0 Å². The first-order valence-electron chi connectivity index (χ1n) is 6.16. The van der Waals surface area contributed by atoms with E-state index in [4.69, 9.17) is 0 Å². The van der Waals surface area contributed by atoms with Gasteiger partial charge in [0.1, 0.15) is 5.82 Å². The van der Waals surface area contributed by atoms with Gasteiger partial charge in [-0.3, -0.25) is 9.69 Å². The fourth-order valence-corrected chi connectivity index (χ4v) is 1.90. The molecule has 0 aromatic carbocycles. The number of nitrogens with zero attached hydrogens (tertiary/aromatic N) is 2. The zero-order chi connectivity index (χ0) is 14.5. The number of aromatic nitrogens is 1. The van der Waals surface area contributed by atoms with Gasteiger partial charge in [-0.15, -0.1) is 0 Å². The van der Waals surface area contributed by atoms with Crippen LogP contribution in [0.2, 0.25) is 0 Å². The van der Waals surface area contributed by atoms with Crippen LogP contribution in [0.5, 0.6) is 0 Å². The average Bonchev–Trinajstić information content (AvgIpc) is 2.29. The van der Waals surface area contributed by atoms with Crippen molar-refractivity contribution in [2.24, 2.45) is 0 Å². The lowest BCUT2D eigenvalue weighted by Crippen LogP contribution is -2.42. The van der Waals surface area contributed by atoms with E-state index in [1.165, 1.54) is 0 Å². The number of anilines is 1. The Kier molecular flexibility index (Phi) is 5.90. The Balaban J connectivity index is 2.51. The van der Waals surface area contributed by atoms with Crippen molar-refractivity contribution in [1.29, 1.82) is 0 Å². The first-order valence-corrected chi connectivity index (χ1v) is 6.95. The molecule has 0 aliphatic carbocycles. The van der Waals surface area contributed by atoms with Gasteiger partial charge in [-0.05, 0) is 48.5 Å². The molecule has 19 heavy (non-hydrogen) atoms. The van der Waals surface area contributed by atoms with E-state index in [1.54, 1.807) is 26.1 Å². The lowest BCUT2D eigenvalue weighted by Gasteiger charge is -2.27. The minimum Gasteiger partial charge on any atom is -0.389 e. The number of halogens is 1. The number of aliphatic hydroxyl groups is 1. The maximum Gasteiger partial charge on any atom is 0.239 e. The molecule has 1 rings (SSSR count). The van der Waals surface area contributed by atoms with Crippen LogP contribution in [-0.2, 0) is 4.79 Å². The number of carbonyl (C=O) groups is 1. The van der Waals surface area contributed by atoms with E-state index in [0.717, 1.165) is 4.47 Å². The van der Waals surface area contributed by atoms with Crippen molar-refractivity contribution < 1.29 is 9.90 Å². The van der Waals surface area contributed by atoms with Crippen LogP contribution in [-0.4, -0.2) is 46.1 Å². The fourth-order valence-electron chi connectivity index (χ4n) is 1.66. The van der Waals surface area contributed by atoms with Crippen molar-refractivity contribution >= 4 is 27.7 Å². The van der Waals surface area contributed by atoms with Crippen LogP contribution in [0.4, 0.5) is 5.82 Å². The summed E-state index contributed by atoms with van der Waals surface area (Å²) in [6.07, 6.45) is 1.63. The number of likely N-dealkylation sites (N-methyl/N-ethyl adjacent to an activating group) is 1. The number of pyridine rings is 1. The number of amides is 1. The van der Waals surface area contributed by atoms with E-state index in [1.807, 2.05) is 17.9 Å². The first-order chi connectivity index (χ1) is 8.80. The Morgan fingerprint density at radius 3 is 2.68 bits per heavy atom. The zero-order valence-corrected chi connectivity index (χ0v) is 13.1. The summed E-state index contributed by atoms with van der Waals surface area (Å²) in [5, 5.41) is 12.5. The third kappa shape index (κ3) is 6.66. The van der Waals surface area contributed by atoms with Crippen LogP contribution >= 0.6 is 15.9 Å². The van der Waals surface area contributed by atoms with Crippen molar-refractivity contribution in [1.82, 2.24) is 9.88 Å². The molecular formula is C13H20BrN3O2. The molecule has 0 saturated carbocycles. The molecule has 1 aromatic rings. The predicted octanol–water partition coefficient (Wildman–Crippen LogP) is 1.88. The summed E-state index contributed by atoms with van der Waals surface area (Å²) in [5.41, 5.74) is -0.813. The summed E-state index contributed by atoms with van der Waals surface area (Å²) in [6.45, 7) is 6.79. The smallest absolute Gasteiger partial charge is 0.239 e. The van der Waals surface area contributed by atoms with Gasteiger partial charge >= 0.3 is 0 Å². The quantitative estimate of drug-likeness (QED) is 0.836. The van der Waals surface area contributed by atoms with Crippen LogP contribution in [0.1, 0.15) is 20.8 Å².